The first kappa shape index (κ1) is 23.9. The molecule has 1 unspecified atom stereocenters. The highest BCUT2D eigenvalue weighted by Gasteiger charge is 2.39. The monoisotopic (exact) mass is 485 g/mol. The summed E-state index contributed by atoms with van der Waals surface area (Å²) in [5.41, 5.74) is 2.53. The summed E-state index contributed by atoms with van der Waals surface area (Å²) in [4.78, 5) is 26.0. The minimum atomic E-state index is -0.550. The van der Waals surface area contributed by atoms with Gasteiger partial charge >= 0.3 is 5.63 Å². The van der Waals surface area contributed by atoms with E-state index in [0.717, 1.165) is 48.9 Å². The zero-order valence-electron chi connectivity index (χ0n) is 20.3. The van der Waals surface area contributed by atoms with Gasteiger partial charge < -0.3 is 19.6 Å². The zero-order chi connectivity index (χ0) is 25.1. The van der Waals surface area contributed by atoms with Crippen LogP contribution in [-0.2, 0) is 17.8 Å². The summed E-state index contributed by atoms with van der Waals surface area (Å²) in [5.74, 6) is 0.234. The van der Waals surface area contributed by atoms with Crippen molar-refractivity contribution in [3.63, 3.8) is 0 Å². The quantitative estimate of drug-likeness (QED) is 0.365. The van der Waals surface area contributed by atoms with E-state index in [1.807, 2.05) is 54.6 Å². The lowest BCUT2D eigenvalue weighted by molar-refractivity contribution is 0.0968. The van der Waals surface area contributed by atoms with Crippen molar-refractivity contribution in [2.24, 2.45) is 5.92 Å². The van der Waals surface area contributed by atoms with Gasteiger partial charge in [0.15, 0.2) is 11.7 Å². The van der Waals surface area contributed by atoms with Crippen molar-refractivity contribution in [3.8, 4) is 5.75 Å². The highest BCUT2D eigenvalue weighted by atomic mass is 16.5. The standard InChI is InChI=1S/C30H31NO5/c1-19(35-18-20-9-4-2-5-10-20)31-23-12-8-11-22(17-23)26(21-15-16-21)28-29(33)27-24(32)13-6-3-7-14-25(27)36-30(28)34/h2,4-5,8-12,17,21,26,31,33H,1,3,6-7,13-16,18H2. The summed E-state index contributed by atoms with van der Waals surface area (Å²) in [5, 5.41) is 14.5. The molecule has 6 nitrogen and oxygen atoms in total. The van der Waals surface area contributed by atoms with E-state index >= 15 is 0 Å². The number of nitrogens with one attached hydrogen (secondary N) is 1. The minimum absolute atomic E-state index is 0.149. The second-order valence-corrected chi connectivity index (χ2v) is 9.70. The molecule has 1 aromatic heterocycles. The predicted octanol–water partition coefficient (Wildman–Crippen LogP) is 6.29. The molecule has 5 rings (SSSR count). The molecule has 1 heterocycles. The van der Waals surface area contributed by atoms with Crippen LogP contribution in [0.3, 0.4) is 0 Å². The van der Waals surface area contributed by atoms with E-state index in [9.17, 15) is 14.7 Å². The number of anilines is 1. The van der Waals surface area contributed by atoms with Crippen LogP contribution in [-0.4, -0.2) is 10.9 Å². The first-order valence-electron chi connectivity index (χ1n) is 12.7. The lowest BCUT2D eigenvalue weighted by Crippen LogP contribution is -2.21. The largest absolute Gasteiger partial charge is 0.506 e. The van der Waals surface area contributed by atoms with Crippen molar-refractivity contribution < 1.29 is 19.1 Å². The lowest BCUT2D eigenvalue weighted by atomic mass is 9.85. The fourth-order valence-electron chi connectivity index (χ4n) is 5.05. The average Bonchev–Trinajstić information content (AvgIpc) is 3.69. The SMILES string of the molecule is C=C(Nc1cccc(C(c2c(O)c3c(oc2=O)CCCCCC3=O)C2CC2)c1)OCc1ccccc1. The molecule has 0 amide bonds. The Morgan fingerprint density at radius 2 is 1.83 bits per heavy atom. The first-order chi connectivity index (χ1) is 17.5. The number of aromatic hydroxyl groups is 1. The van der Waals surface area contributed by atoms with E-state index in [4.69, 9.17) is 9.15 Å². The van der Waals surface area contributed by atoms with Crippen molar-refractivity contribution in [1.29, 1.82) is 0 Å². The van der Waals surface area contributed by atoms with Gasteiger partial charge in [-0.05, 0) is 61.4 Å². The number of rotatable bonds is 8. The van der Waals surface area contributed by atoms with Crippen LogP contribution in [0.2, 0.25) is 0 Å². The molecule has 6 heteroatoms. The van der Waals surface area contributed by atoms with Gasteiger partial charge in [0.25, 0.3) is 0 Å². The van der Waals surface area contributed by atoms with Crippen LogP contribution in [0.25, 0.3) is 0 Å². The normalized spacial score (nSPS) is 16.4. The predicted molar refractivity (Wildman–Crippen MR) is 138 cm³/mol. The highest BCUT2D eigenvalue weighted by molar-refractivity contribution is 5.99. The summed E-state index contributed by atoms with van der Waals surface area (Å²) in [7, 11) is 0. The second kappa shape index (κ2) is 10.4. The second-order valence-electron chi connectivity index (χ2n) is 9.70. The Labute approximate surface area is 210 Å². The Morgan fingerprint density at radius 1 is 1.06 bits per heavy atom. The number of fused-ring (bicyclic) bond motifs is 1. The third kappa shape index (κ3) is 5.23. The van der Waals surface area contributed by atoms with Crippen LogP contribution in [0.5, 0.6) is 5.75 Å². The molecule has 2 N–H and O–H groups in total. The Balaban J connectivity index is 1.42. The topological polar surface area (TPSA) is 88.8 Å². The molecule has 186 valence electrons. The molecule has 2 aliphatic carbocycles. The molecule has 0 aliphatic heterocycles. The van der Waals surface area contributed by atoms with Gasteiger partial charge in [-0.1, -0.05) is 48.9 Å². The molecular weight excluding hydrogens is 454 g/mol. The molecular formula is C30H31NO5. The maximum Gasteiger partial charge on any atom is 0.343 e. The number of carbonyl (C=O) groups is 1. The van der Waals surface area contributed by atoms with Crippen LogP contribution in [0, 0.1) is 5.92 Å². The summed E-state index contributed by atoms with van der Waals surface area (Å²) < 4.78 is 11.4. The van der Waals surface area contributed by atoms with Gasteiger partial charge in [0, 0.05) is 24.4 Å². The molecule has 2 aromatic carbocycles. The zero-order valence-corrected chi connectivity index (χ0v) is 20.3. The van der Waals surface area contributed by atoms with Crippen LogP contribution in [0.4, 0.5) is 5.69 Å². The van der Waals surface area contributed by atoms with Crippen molar-refractivity contribution in [3.05, 3.63) is 105 Å². The van der Waals surface area contributed by atoms with Crippen molar-refractivity contribution >= 4 is 11.5 Å². The number of Topliss-reactive ketones (excluding diaryl/α,β-unsaturated/α-hetero) is 1. The van der Waals surface area contributed by atoms with E-state index in [1.54, 1.807) is 0 Å². The van der Waals surface area contributed by atoms with Crippen LogP contribution in [0.1, 0.15) is 77.3 Å². The summed E-state index contributed by atoms with van der Waals surface area (Å²) in [6.45, 7) is 4.37. The number of carbonyl (C=O) groups excluding carboxylic acids is 1. The van der Waals surface area contributed by atoms with Crippen molar-refractivity contribution in [2.45, 2.75) is 57.5 Å². The summed E-state index contributed by atoms with van der Waals surface area (Å²) in [6, 6.07) is 17.5. The number of ketones is 1. The summed E-state index contributed by atoms with van der Waals surface area (Å²) >= 11 is 0. The maximum atomic E-state index is 13.2. The van der Waals surface area contributed by atoms with E-state index in [-0.39, 0.29) is 34.5 Å². The van der Waals surface area contributed by atoms with Crippen LogP contribution >= 0.6 is 0 Å². The lowest BCUT2D eigenvalue weighted by Gasteiger charge is -2.21. The Kier molecular flexibility index (Phi) is 6.94. The van der Waals surface area contributed by atoms with Crippen LogP contribution < -0.4 is 10.9 Å². The minimum Gasteiger partial charge on any atom is -0.506 e. The highest BCUT2D eigenvalue weighted by Crippen LogP contribution is 2.49. The molecule has 0 saturated heterocycles. The maximum absolute atomic E-state index is 13.2. The smallest absolute Gasteiger partial charge is 0.343 e. The number of hydrogen-bond donors (Lipinski definition) is 2. The number of benzene rings is 2. The van der Waals surface area contributed by atoms with Gasteiger partial charge in [0.1, 0.15) is 18.1 Å². The Hall–Kier alpha value is -3.80. The van der Waals surface area contributed by atoms with Gasteiger partial charge in [-0.25, -0.2) is 4.79 Å². The fraction of sp³-hybridized carbons (Fsp3) is 0.333. The molecule has 2 aliphatic rings. The van der Waals surface area contributed by atoms with Gasteiger partial charge in [-0.2, -0.15) is 0 Å². The molecule has 0 bridgehead atoms. The van der Waals surface area contributed by atoms with E-state index in [2.05, 4.69) is 11.9 Å². The number of hydrogen-bond acceptors (Lipinski definition) is 6. The molecule has 0 radical (unpaired) electrons. The third-order valence-electron chi connectivity index (χ3n) is 6.98. The fourth-order valence-corrected chi connectivity index (χ4v) is 5.05. The first-order valence-corrected chi connectivity index (χ1v) is 12.7. The molecule has 1 atom stereocenters. The van der Waals surface area contributed by atoms with Gasteiger partial charge in [0.2, 0.25) is 0 Å². The van der Waals surface area contributed by atoms with Crippen molar-refractivity contribution in [2.75, 3.05) is 5.32 Å². The van der Waals surface area contributed by atoms with E-state index in [0.29, 0.717) is 31.1 Å². The van der Waals surface area contributed by atoms with Gasteiger partial charge in [-0.15, -0.1) is 0 Å². The van der Waals surface area contributed by atoms with Crippen LogP contribution in [0.15, 0.2) is 76.3 Å². The number of ether oxygens (including phenoxy) is 1. The average molecular weight is 486 g/mol. The molecule has 36 heavy (non-hydrogen) atoms. The molecule has 1 saturated carbocycles. The Morgan fingerprint density at radius 3 is 2.61 bits per heavy atom. The molecule has 1 fully saturated rings. The van der Waals surface area contributed by atoms with Gasteiger partial charge in [0.05, 0.1) is 11.1 Å². The molecule has 0 spiro atoms. The Bertz CT molecular complexity index is 1320. The number of aryl methyl sites for hydroxylation is 1. The third-order valence-corrected chi connectivity index (χ3v) is 6.98. The van der Waals surface area contributed by atoms with Gasteiger partial charge in [-0.3, -0.25) is 4.79 Å². The van der Waals surface area contributed by atoms with E-state index < -0.39 is 5.63 Å². The van der Waals surface area contributed by atoms with Crippen molar-refractivity contribution in [1.82, 2.24) is 0 Å². The van der Waals surface area contributed by atoms with E-state index in [1.165, 1.54) is 0 Å². The summed E-state index contributed by atoms with van der Waals surface area (Å²) in [6.07, 6.45) is 5.25. The molecule has 3 aromatic rings.